The van der Waals surface area contributed by atoms with E-state index in [4.69, 9.17) is 0 Å². The van der Waals surface area contributed by atoms with Gasteiger partial charge in [-0.15, -0.1) is 12.4 Å². The van der Waals surface area contributed by atoms with E-state index in [1.165, 1.54) is 18.4 Å². The largest absolute Gasteiger partial charge is 0.355 e. The van der Waals surface area contributed by atoms with Crippen LogP contribution in [0.25, 0.3) is 0 Å². The fourth-order valence-corrected chi connectivity index (χ4v) is 2.79. The number of benzene rings is 1. The Kier molecular flexibility index (Phi) is 4.48. The maximum absolute atomic E-state index is 12.0. The zero-order valence-corrected chi connectivity index (χ0v) is 11.8. The summed E-state index contributed by atoms with van der Waals surface area (Å²) in [4.78, 5) is 12.0. The van der Waals surface area contributed by atoms with Crippen molar-refractivity contribution < 1.29 is 4.79 Å². The first-order valence-electron chi connectivity index (χ1n) is 6.84. The van der Waals surface area contributed by atoms with Gasteiger partial charge in [0.25, 0.3) is 0 Å². The van der Waals surface area contributed by atoms with Gasteiger partial charge in [-0.25, -0.2) is 0 Å². The van der Waals surface area contributed by atoms with Crippen molar-refractivity contribution in [3.63, 3.8) is 0 Å². The topological polar surface area (TPSA) is 41.1 Å². The second kappa shape index (κ2) is 5.93. The van der Waals surface area contributed by atoms with Crippen LogP contribution in [0.4, 0.5) is 0 Å². The Balaban J connectivity index is 0.00000133. The molecular weight excluding hydrogens is 260 g/mol. The molecule has 0 aromatic heterocycles. The quantitative estimate of drug-likeness (QED) is 0.884. The van der Waals surface area contributed by atoms with Crippen molar-refractivity contribution in [3.8, 4) is 0 Å². The van der Waals surface area contributed by atoms with Crippen LogP contribution in [-0.4, -0.2) is 25.5 Å². The molecule has 2 N–H and O–H groups in total. The lowest BCUT2D eigenvalue weighted by Gasteiger charge is -2.18. The van der Waals surface area contributed by atoms with E-state index in [0.29, 0.717) is 0 Å². The molecule has 1 atom stereocenters. The van der Waals surface area contributed by atoms with Crippen LogP contribution < -0.4 is 10.6 Å². The molecule has 1 aliphatic heterocycles. The molecule has 0 bridgehead atoms. The number of halogens is 1. The Bertz CT molecular complexity index is 425. The maximum atomic E-state index is 12.0. The highest BCUT2D eigenvalue weighted by Gasteiger charge is 2.44. The first kappa shape index (κ1) is 14.4. The minimum atomic E-state index is 0. The van der Waals surface area contributed by atoms with E-state index in [0.717, 1.165) is 26.1 Å². The minimum Gasteiger partial charge on any atom is -0.355 e. The molecule has 19 heavy (non-hydrogen) atoms. The Hall–Kier alpha value is -1.06. The first-order chi connectivity index (χ1) is 8.80. The zero-order valence-electron chi connectivity index (χ0n) is 11.0. The van der Waals surface area contributed by atoms with Crippen LogP contribution in [0.2, 0.25) is 0 Å². The van der Waals surface area contributed by atoms with Gasteiger partial charge in [0.1, 0.15) is 0 Å². The molecule has 2 fully saturated rings. The van der Waals surface area contributed by atoms with Gasteiger partial charge in [0.2, 0.25) is 5.91 Å². The van der Waals surface area contributed by atoms with E-state index >= 15 is 0 Å². The van der Waals surface area contributed by atoms with Gasteiger partial charge in [-0.2, -0.15) is 0 Å². The van der Waals surface area contributed by atoms with E-state index in [1.807, 2.05) is 6.07 Å². The van der Waals surface area contributed by atoms with Crippen molar-refractivity contribution >= 4 is 18.3 Å². The Morgan fingerprint density at radius 1 is 1.32 bits per heavy atom. The summed E-state index contributed by atoms with van der Waals surface area (Å²) in [7, 11) is 0. The first-order valence-corrected chi connectivity index (χ1v) is 6.84. The van der Waals surface area contributed by atoms with Crippen LogP contribution in [0.5, 0.6) is 0 Å². The summed E-state index contributed by atoms with van der Waals surface area (Å²) in [5, 5.41) is 6.38. The molecule has 1 unspecified atom stereocenters. The molecule has 1 aromatic carbocycles. The van der Waals surface area contributed by atoms with Gasteiger partial charge in [-0.05, 0) is 31.4 Å². The van der Waals surface area contributed by atoms with Gasteiger partial charge in [-0.1, -0.05) is 30.3 Å². The molecule has 4 heteroatoms. The molecule has 0 radical (unpaired) electrons. The highest BCUT2D eigenvalue weighted by molar-refractivity contribution is 5.85. The standard InChI is InChI=1S/C15H20N2O.ClH/c18-14(12-6-9-16-10-12)17-11-15(7-8-15)13-4-2-1-3-5-13;/h1-5,12,16H,6-11H2,(H,17,18);1H. The summed E-state index contributed by atoms with van der Waals surface area (Å²) in [6.45, 7) is 2.61. The SMILES string of the molecule is Cl.O=C(NCC1(c2ccccc2)CC1)C1CCNC1. The second-order valence-corrected chi connectivity index (χ2v) is 5.55. The fraction of sp³-hybridized carbons (Fsp3) is 0.533. The number of nitrogens with one attached hydrogen (secondary N) is 2. The van der Waals surface area contributed by atoms with Crippen LogP contribution in [0, 0.1) is 5.92 Å². The van der Waals surface area contributed by atoms with E-state index in [1.54, 1.807) is 0 Å². The van der Waals surface area contributed by atoms with Crippen LogP contribution >= 0.6 is 12.4 Å². The molecule has 1 heterocycles. The van der Waals surface area contributed by atoms with E-state index < -0.39 is 0 Å². The molecule has 104 valence electrons. The third kappa shape index (κ3) is 3.10. The summed E-state index contributed by atoms with van der Waals surface area (Å²) in [5.41, 5.74) is 1.60. The molecule has 1 aliphatic carbocycles. The van der Waals surface area contributed by atoms with Gasteiger partial charge >= 0.3 is 0 Å². The maximum Gasteiger partial charge on any atom is 0.224 e. The molecule has 3 rings (SSSR count). The number of carbonyl (C=O) groups excluding carboxylic acids is 1. The third-order valence-corrected chi connectivity index (χ3v) is 4.27. The predicted octanol–water partition coefficient (Wildman–Crippen LogP) is 1.87. The Morgan fingerprint density at radius 2 is 2.05 bits per heavy atom. The number of amides is 1. The van der Waals surface area contributed by atoms with Gasteiger partial charge in [0, 0.05) is 18.5 Å². The molecule has 2 aliphatic rings. The van der Waals surface area contributed by atoms with Crippen LogP contribution in [0.15, 0.2) is 30.3 Å². The molecule has 1 amide bonds. The van der Waals surface area contributed by atoms with Crippen LogP contribution in [0.3, 0.4) is 0 Å². The summed E-state index contributed by atoms with van der Waals surface area (Å²) in [5.74, 6) is 0.402. The van der Waals surface area contributed by atoms with Crippen molar-refractivity contribution in [1.82, 2.24) is 10.6 Å². The molecule has 1 saturated carbocycles. The minimum absolute atomic E-state index is 0. The highest BCUT2D eigenvalue weighted by atomic mass is 35.5. The Labute approximate surface area is 120 Å². The van der Waals surface area contributed by atoms with Gasteiger partial charge in [0.05, 0.1) is 5.92 Å². The average molecular weight is 281 g/mol. The summed E-state index contributed by atoms with van der Waals surface area (Å²) in [6.07, 6.45) is 3.37. The van der Waals surface area contributed by atoms with E-state index in [9.17, 15) is 4.79 Å². The normalized spacial score (nSPS) is 23.5. The number of carbonyl (C=O) groups is 1. The lowest BCUT2D eigenvalue weighted by atomic mass is 9.95. The predicted molar refractivity (Wildman–Crippen MR) is 78.6 cm³/mol. The lowest BCUT2D eigenvalue weighted by molar-refractivity contribution is -0.124. The molecule has 1 saturated heterocycles. The van der Waals surface area contributed by atoms with Crippen LogP contribution in [0.1, 0.15) is 24.8 Å². The highest BCUT2D eigenvalue weighted by Crippen LogP contribution is 2.47. The fourth-order valence-electron chi connectivity index (χ4n) is 2.79. The van der Waals surface area contributed by atoms with Gasteiger partial charge < -0.3 is 10.6 Å². The smallest absolute Gasteiger partial charge is 0.224 e. The second-order valence-electron chi connectivity index (χ2n) is 5.55. The monoisotopic (exact) mass is 280 g/mol. The number of hydrogen-bond donors (Lipinski definition) is 2. The van der Waals surface area contributed by atoms with Crippen molar-refractivity contribution in [2.45, 2.75) is 24.7 Å². The molecule has 3 nitrogen and oxygen atoms in total. The van der Waals surface area contributed by atoms with Crippen molar-refractivity contribution in [2.24, 2.45) is 5.92 Å². The summed E-state index contributed by atoms with van der Waals surface area (Å²) < 4.78 is 0. The van der Waals surface area contributed by atoms with Gasteiger partial charge in [-0.3, -0.25) is 4.79 Å². The molecular formula is C15H21ClN2O. The van der Waals surface area contributed by atoms with Crippen molar-refractivity contribution in [3.05, 3.63) is 35.9 Å². The van der Waals surface area contributed by atoms with E-state index in [-0.39, 0.29) is 29.6 Å². The Morgan fingerprint density at radius 3 is 2.63 bits per heavy atom. The molecule has 0 spiro atoms. The third-order valence-electron chi connectivity index (χ3n) is 4.27. The van der Waals surface area contributed by atoms with E-state index in [2.05, 4.69) is 34.9 Å². The average Bonchev–Trinajstić information content (AvgIpc) is 3.01. The summed E-state index contributed by atoms with van der Waals surface area (Å²) in [6, 6.07) is 10.6. The number of rotatable bonds is 4. The van der Waals surface area contributed by atoms with Crippen LogP contribution in [-0.2, 0) is 10.2 Å². The van der Waals surface area contributed by atoms with Gasteiger partial charge in [0.15, 0.2) is 0 Å². The lowest BCUT2D eigenvalue weighted by Crippen LogP contribution is -2.37. The number of hydrogen-bond acceptors (Lipinski definition) is 2. The van der Waals surface area contributed by atoms with Crippen molar-refractivity contribution in [2.75, 3.05) is 19.6 Å². The zero-order chi connectivity index (χ0) is 12.4. The van der Waals surface area contributed by atoms with Crippen molar-refractivity contribution in [1.29, 1.82) is 0 Å². The summed E-state index contributed by atoms with van der Waals surface area (Å²) >= 11 is 0. The molecule has 1 aromatic rings.